The molecule has 7 N–H and O–H groups in total. The van der Waals surface area contributed by atoms with Gasteiger partial charge < -0.3 is 27.4 Å². The molecule has 1 aromatic rings. The van der Waals surface area contributed by atoms with Crippen LogP contribution < -0.4 is 27.4 Å². The maximum atomic E-state index is 13.4. The van der Waals surface area contributed by atoms with Crippen molar-refractivity contribution in [2.45, 2.75) is 84.3 Å². The number of hydrogen-bond acceptors (Lipinski definition) is 4. The van der Waals surface area contributed by atoms with Gasteiger partial charge in [-0.25, -0.2) is 0 Å². The van der Waals surface area contributed by atoms with Gasteiger partial charge in [0, 0.05) is 31.1 Å². The van der Waals surface area contributed by atoms with E-state index in [4.69, 9.17) is 11.5 Å². The Hall–Kier alpha value is -2.61. The van der Waals surface area contributed by atoms with E-state index in [1.165, 1.54) is 5.56 Å². The monoisotopic (exact) mass is 460 g/mol. The minimum Gasteiger partial charge on any atom is -0.370 e. The van der Waals surface area contributed by atoms with Gasteiger partial charge in [-0.2, -0.15) is 0 Å². The maximum Gasteiger partial charge on any atom is 0.245 e. The van der Waals surface area contributed by atoms with Gasteiger partial charge in [0.25, 0.3) is 0 Å². The zero-order valence-electron chi connectivity index (χ0n) is 21.0. The number of rotatable bonds is 15. The van der Waals surface area contributed by atoms with Gasteiger partial charge in [-0.05, 0) is 37.7 Å². The SMILES string of the molecule is CCC(NCC(CCCN=C(N)N)NC(=O)C(CC)(CC)NC(=O)C(C)C)c1ccccc1. The molecule has 2 unspecified atom stereocenters. The fraction of sp³-hybridized carbons (Fsp3) is 0.640. The lowest BCUT2D eigenvalue weighted by molar-refractivity contribution is -0.135. The van der Waals surface area contributed by atoms with Crippen LogP contribution in [0.25, 0.3) is 0 Å². The highest BCUT2D eigenvalue weighted by Gasteiger charge is 2.37. The Morgan fingerprint density at radius 2 is 1.70 bits per heavy atom. The zero-order valence-corrected chi connectivity index (χ0v) is 21.0. The number of guanidine groups is 1. The van der Waals surface area contributed by atoms with Crippen LogP contribution in [0.5, 0.6) is 0 Å². The Labute approximate surface area is 199 Å². The van der Waals surface area contributed by atoms with E-state index >= 15 is 0 Å². The van der Waals surface area contributed by atoms with Crippen molar-refractivity contribution in [3.05, 3.63) is 35.9 Å². The second-order valence-electron chi connectivity index (χ2n) is 8.83. The average Bonchev–Trinajstić information content (AvgIpc) is 2.80. The van der Waals surface area contributed by atoms with Crippen molar-refractivity contribution in [3.63, 3.8) is 0 Å². The molecule has 1 aromatic carbocycles. The van der Waals surface area contributed by atoms with Crippen molar-refractivity contribution in [1.82, 2.24) is 16.0 Å². The molecular weight excluding hydrogens is 416 g/mol. The average molecular weight is 461 g/mol. The Morgan fingerprint density at radius 1 is 1.06 bits per heavy atom. The molecule has 8 heteroatoms. The first-order valence-corrected chi connectivity index (χ1v) is 12.2. The van der Waals surface area contributed by atoms with E-state index < -0.39 is 5.54 Å². The zero-order chi connectivity index (χ0) is 24.9. The predicted octanol–water partition coefficient (Wildman–Crippen LogP) is 2.60. The molecule has 0 radical (unpaired) electrons. The molecule has 0 saturated carbocycles. The van der Waals surface area contributed by atoms with Crippen LogP contribution in [0.2, 0.25) is 0 Å². The minimum absolute atomic E-state index is 0.0659. The predicted molar refractivity (Wildman–Crippen MR) is 136 cm³/mol. The molecule has 0 aromatic heterocycles. The van der Waals surface area contributed by atoms with Gasteiger partial charge in [-0.15, -0.1) is 0 Å². The summed E-state index contributed by atoms with van der Waals surface area (Å²) in [4.78, 5) is 29.9. The Balaban J connectivity index is 2.95. The molecule has 0 spiro atoms. The highest BCUT2D eigenvalue weighted by atomic mass is 16.2. The molecule has 1 rings (SSSR count). The number of benzene rings is 1. The van der Waals surface area contributed by atoms with E-state index in [9.17, 15) is 9.59 Å². The van der Waals surface area contributed by atoms with Crippen molar-refractivity contribution in [1.29, 1.82) is 0 Å². The maximum absolute atomic E-state index is 13.4. The van der Waals surface area contributed by atoms with Crippen LogP contribution >= 0.6 is 0 Å². The van der Waals surface area contributed by atoms with Gasteiger partial charge in [-0.3, -0.25) is 14.6 Å². The summed E-state index contributed by atoms with van der Waals surface area (Å²) < 4.78 is 0. The molecule has 0 aliphatic heterocycles. The molecule has 186 valence electrons. The summed E-state index contributed by atoms with van der Waals surface area (Å²) in [5, 5.41) is 9.79. The Kier molecular flexibility index (Phi) is 12.5. The Morgan fingerprint density at radius 3 is 2.21 bits per heavy atom. The first kappa shape index (κ1) is 28.4. The molecule has 8 nitrogen and oxygen atoms in total. The van der Waals surface area contributed by atoms with Crippen LogP contribution in [0, 0.1) is 5.92 Å². The molecule has 33 heavy (non-hydrogen) atoms. The molecule has 0 heterocycles. The number of carbonyl (C=O) groups is 2. The summed E-state index contributed by atoms with van der Waals surface area (Å²) in [5.74, 6) is -0.394. The Bertz CT molecular complexity index is 743. The fourth-order valence-electron chi connectivity index (χ4n) is 3.75. The van der Waals surface area contributed by atoms with Crippen molar-refractivity contribution in [3.8, 4) is 0 Å². The molecule has 0 bridgehead atoms. The van der Waals surface area contributed by atoms with Crippen molar-refractivity contribution in [2.24, 2.45) is 22.4 Å². The van der Waals surface area contributed by atoms with Crippen LogP contribution in [0.4, 0.5) is 0 Å². The smallest absolute Gasteiger partial charge is 0.245 e. The third kappa shape index (κ3) is 9.42. The summed E-state index contributed by atoms with van der Waals surface area (Å²) in [6, 6.07) is 10.3. The van der Waals surface area contributed by atoms with E-state index in [0.717, 1.165) is 12.8 Å². The molecule has 2 atom stereocenters. The largest absolute Gasteiger partial charge is 0.370 e. The highest BCUT2D eigenvalue weighted by molar-refractivity contribution is 5.92. The summed E-state index contributed by atoms with van der Waals surface area (Å²) in [7, 11) is 0. The van der Waals surface area contributed by atoms with Crippen molar-refractivity contribution >= 4 is 17.8 Å². The lowest BCUT2D eigenvalue weighted by Crippen LogP contribution is -2.61. The normalized spacial score (nSPS) is 13.3. The van der Waals surface area contributed by atoms with E-state index in [-0.39, 0.29) is 35.8 Å². The third-order valence-corrected chi connectivity index (χ3v) is 6.09. The van der Waals surface area contributed by atoms with E-state index in [1.54, 1.807) is 0 Å². The number of nitrogens with one attached hydrogen (secondary N) is 3. The van der Waals surface area contributed by atoms with Gasteiger partial charge in [0.05, 0.1) is 0 Å². The number of carbonyl (C=O) groups excluding carboxylic acids is 2. The summed E-state index contributed by atoms with van der Waals surface area (Å²) >= 11 is 0. The lowest BCUT2D eigenvalue weighted by atomic mass is 9.90. The summed E-state index contributed by atoms with van der Waals surface area (Å²) in [5.41, 5.74) is 11.2. The summed E-state index contributed by atoms with van der Waals surface area (Å²) in [6.07, 6.45) is 3.41. The lowest BCUT2D eigenvalue weighted by Gasteiger charge is -2.34. The van der Waals surface area contributed by atoms with Gasteiger partial charge in [0.15, 0.2) is 5.96 Å². The number of nitrogens with zero attached hydrogens (tertiary/aromatic N) is 1. The molecule has 2 amide bonds. The molecular formula is C25H44N6O2. The van der Waals surface area contributed by atoms with Gasteiger partial charge in [0.2, 0.25) is 11.8 Å². The quantitative estimate of drug-likeness (QED) is 0.156. The van der Waals surface area contributed by atoms with Gasteiger partial charge >= 0.3 is 0 Å². The topological polar surface area (TPSA) is 135 Å². The number of amides is 2. The molecule has 0 fully saturated rings. The number of aliphatic imine (C=N–C) groups is 1. The van der Waals surface area contributed by atoms with E-state index in [2.05, 4.69) is 40.0 Å². The fourth-order valence-corrected chi connectivity index (χ4v) is 3.75. The van der Waals surface area contributed by atoms with E-state index in [0.29, 0.717) is 32.4 Å². The number of nitrogens with two attached hydrogens (primary N) is 2. The van der Waals surface area contributed by atoms with Crippen molar-refractivity contribution < 1.29 is 9.59 Å². The number of hydrogen-bond donors (Lipinski definition) is 5. The van der Waals surface area contributed by atoms with Crippen LogP contribution in [0.1, 0.15) is 78.3 Å². The third-order valence-electron chi connectivity index (χ3n) is 6.09. The highest BCUT2D eigenvalue weighted by Crippen LogP contribution is 2.19. The molecule has 0 aliphatic carbocycles. The molecule has 0 saturated heterocycles. The first-order chi connectivity index (χ1) is 15.7. The minimum atomic E-state index is -0.928. The first-order valence-electron chi connectivity index (χ1n) is 12.2. The standard InChI is InChI=1S/C25H44N6O2/c1-6-21(19-13-10-9-11-14-19)29-17-20(15-12-16-28-24(26)27)30-23(33)25(7-2,8-3)31-22(32)18(4)5/h9-11,13-14,18,20-21,29H,6-8,12,15-17H2,1-5H3,(H,30,33)(H,31,32)(H4,26,27,28). The van der Waals surface area contributed by atoms with Gasteiger partial charge in [0.1, 0.15) is 5.54 Å². The molecule has 0 aliphatic rings. The second kappa shape index (κ2) is 14.5. The van der Waals surface area contributed by atoms with E-state index in [1.807, 2.05) is 45.9 Å². The summed E-state index contributed by atoms with van der Waals surface area (Å²) in [6.45, 7) is 10.8. The van der Waals surface area contributed by atoms with Crippen LogP contribution in [0.15, 0.2) is 35.3 Å². The van der Waals surface area contributed by atoms with Crippen LogP contribution in [0.3, 0.4) is 0 Å². The van der Waals surface area contributed by atoms with Crippen LogP contribution in [-0.4, -0.2) is 42.4 Å². The van der Waals surface area contributed by atoms with Gasteiger partial charge in [-0.1, -0.05) is 65.0 Å². The van der Waals surface area contributed by atoms with Crippen LogP contribution in [-0.2, 0) is 9.59 Å². The van der Waals surface area contributed by atoms with Crippen molar-refractivity contribution in [2.75, 3.05) is 13.1 Å². The second-order valence-corrected chi connectivity index (χ2v) is 8.83.